The van der Waals surface area contributed by atoms with Crippen LogP contribution in [0.4, 0.5) is 5.13 Å². The van der Waals surface area contributed by atoms with Crippen molar-refractivity contribution in [2.24, 2.45) is 5.92 Å². The molecule has 7 nitrogen and oxygen atoms in total. The molecule has 0 atom stereocenters. The summed E-state index contributed by atoms with van der Waals surface area (Å²) in [6.45, 7) is 8.49. The van der Waals surface area contributed by atoms with E-state index in [-0.39, 0.29) is 23.2 Å². The number of aromatic nitrogens is 1. The number of fused-ring (bicyclic) bond motifs is 1. The summed E-state index contributed by atoms with van der Waals surface area (Å²) < 4.78 is 28.8. The van der Waals surface area contributed by atoms with Gasteiger partial charge < -0.3 is 4.90 Å². The van der Waals surface area contributed by atoms with Gasteiger partial charge >= 0.3 is 0 Å². The maximum absolute atomic E-state index is 13.6. The van der Waals surface area contributed by atoms with Gasteiger partial charge in [0.05, 0.1) is 15.1 Å². The first-order valence-corrected chi connectivity index (χ1v) is 14.3. The number of halogens is 1. The molecule has 1 saturated heterocycles. The van der Waals surface area contributed by atoms with Gasteiger partial charge in [0.25, 0.3) is 5.91 Å². The first kappa shape index (κ1) is 28.5. The van der Waals surface area contributed by atoms with Gasteiger partial charge in [-0.05, 0) is 88.2 Å². The molecule has 10 heteroatoms. The minimum Gasteiger partial charge on any atom is -0.308 e. The molecule has 0 bridgehead atoms. The second-order valence-corrected chi connectivity index (χ2v) is 12.7. The fourth-order valence-electron chi connectivity index (χ4n) is 4.36. The van der Waals surface area contributed by atoms with Crippen molar-refractivity contribution >= 4 is 55.0 Å². The Balaban J connectivity index is 0.00000361. The molecular formula is C26H35ClN4O3S2. The summed E-state index contributed by atoms with van der Waals surface area (Å²) in [5, 5.41) is 0.652. The highest BCUT2D eigenvalue weighted by molar-refractivity contribution is 7.89. The Hall–Kier alpha value is -2.04. The van der Waals surface area contributed by atoms with E-state index in [1.807, 2.05) is 25.9 Å². The van der Waals surface area contributed by atoms with Gasteiger partial charge in [0.1, 0.15) is 0 Å². The van der Waals surface area contributed by atoms with Crippen molar-refractivity contribution in [2.75, 3.05) is 45.2 Å². The van der Waals surface area contributed by atoms with Crippen LogP contribution in [0.3, 0.4) is 0 Å². The van der Waals surface area contributed by atoms with Crippen LogP contribution < -0.4 is 4.90 Å². The van der Waals surface area contributed by atoms with Gasteiger partial charge in [-0.2, -0.15) is 4.31 Å². The van der Waals surface area contributed by atoms with Crippen molar-refractivity contribution < 1.29 is 13.2 Å². The van der Waals surface area contributed by atoms with E-state index in [4.69, 9.17) is 4.98 Å². The average molecular weight is 551 g/mol. The minimum absolute atomic E-state index is 0. The Kier molecular flexibility index (Phi) is 9.16. The van der Waals surface area contributed by atoms with Crippen molar-refractivity contribution in [1.82, 2.24) is 14.2 Å². The predicted octanol–water partition coefficient (Wildman–Crippen LogP) is 4.96. The van der Waals surface area contributed by atoms with E-state index in [1.165, 1.54) is 11.3 Å². The highest BCUT2D eigenvalue weighted by atomic mass is 35.5. The third-order valence-electron chi connectivity index (χ3n) is 6.55. The SMILES string of the molecule is Cc1cc(C)c2nc(N(CCN(C)C)C(=O)c3ccc(S(=O)(=O)N4CCC(C)CC4)cc3)sc2c1.Cl. The third kappa shape index (κ3) is 6.08. The Morgan fingerprint density at radius 3 is 2.33 bits per heavy atom. The molecule has 0 N–H and O–H groups in total. The monoisotopic (exact) mass is 550 g/mol. The Labute approximate surface area is 224 Å². The largest absolute Gasteiger partial charge is 0.308 e. The number of piperidine rings is 1. The zero-order valence-electron chi connectivity index (χ0n) is 21.5. The number of aryl methyl sites for hydroxylation is 2. The number of nitrogens with zero attached hydrogens (tertiary/aromatic N) is 4. The molecule has 1 aliphatic rings. The van der Waals surface area contributed by atoms with E-state index < -0.39 is 10.0 Å². The number of likely N-dealkylation sites (N-methyl/N-ethyl adjacent to an activating group) is 1. The van der Waals surface area contributed by atoms with Gasteiger partial charge in [-0.25, -0.2) is 13.4 Å². The van der Waals surface area contributed by atoms with Crippen molar-refractivity contribution in [2.45, 2.75) is 38.5 Å². The number of benzene rings is 2. The highest BCUT2D eigenvalue weighted by Gasteiger charge is 2.29. The lowest BCUT2D eigenvalue weighted by Crippen LogP contribution is -2.38. The van der Waals surface area contributed by atoms with E-state index >= 15 is 0 Å². The molecule has 36 heavy (non-hydrogen) atoms. The molecule has 0 radical (unpaired) electrons. The number of amides is 1. The van der Waals surface area contributed by atoms with Crippen LogP contribution in [0, 0.1) is 19.8 Å². The molecule has 2 heterocycles. The zero-order chi connectivity index (χ0) is 25.3. The van der Waals surface area contributed by atoms with Crippen molar-refractivity contribution in [1.29, 1.82) is 0 Å². The van der Waals surface area contributed by atoms with Gasteiger partial charge in [0, 0.05) is 31.7 Å². The second kappa shape index (κ2) is 11.6. The molecule has 1 aliphatic heterocycles. The molecule has 0 saturated carbocycles. The van der Waals surface area contributed by atoms with Gasteiger partial charge in [-0.15, -0.1) is 12.4 Å². The number of carbonyl (C=O) groups is 1. The van der Waals surface area contributed by atoms with Gasteiger partial charge in [0.15, 0.2) is 5.13 Å². The fraction of sp³-hybridized carbons (Fsp3) is 0.462. The second-order valence-electron chi connectivity index (χ2n) is 9.80. The van der Waals surface area contributed by atoms with Crippen LogP contribution in [0.5, 0.6) is 0 Å². The van der Waals surface area contributed by atoms with Crippen molar-refractivity contribution in [3.05, 3.63) is 53.1 Å². The van der Waals surface area contributed by atoms with E-state index in [0.717, 1.165) is 34.2 Å². The maximum Gasteiger partial charge on any atom is 0.260 e. The topological polar surface area (TPSA) is 73.8 Å². The number of thiazole rings is 1. The van der Waals surface area contributed by atoms with Crippen LogP contribution in [-0.2, 0) is 10.0 Å². The molecule has 0 unspecified atom stereocenters. The quantitative estimate of drug-likeness (QED) is 0.415. The molecule has 2 aromatic carbocycles. The van der Waals surface area contributed by atoms with Crippen LogP contribution in [0.1, 0.15) is 41.3 Å². The maximum atomic E-state index is 13.6. The number of hydrogen-bond acceptors (Lipinski definition) is 6. The lowest BCUT2D eigenvalue weighted by molar-refractivity contribution is 0.0985. The van der Waals surface area contributed by atoms with Gasteiger partial charge in [-0.1, -0.05) is 24.3 Å². The number of carbonyl (C=O) groups excluding carboxylic acids is 1. The first-order chi connectivity index (χ1) is 16.6. The smallest absolute Gasteiger partial charge is 0.260 e. The van der Waals surface area contributed by atoms with Crippen LogP contribution in [0.25, 0.3) is 10.2 Å². The molecule has 1 amide bonds. The van der Waals surface area contributed by atoms with Gasteiger partial charge in [-0.3, -0.25) is 9.69 Å². The first-order valence-electron chi connectivity index (χ1n) is 12.0. The summed E-state index contributed by atoms with van der Waals surface area (Å²) in [6, 6.07) is 10.5. The number of rotatable bonds is 7. The molecule has 4 rings (SSSR count). The number of anilines is 1. The standard InChI is InChI=1S/C26H34N4O3S2.ClH/c1-18-10-12-29(13-11-18)35(32,33)22-8-6-21(7-9-22)25(31)30(15-14-28(4)5)26-27-24-20(3)16-19(2)17-23(24)34-26;/h6-9,16-18H,10-15H2,1-5H3;1H. The average Bonchev–Trinajstić information content (AvgIpc) is 3.23. The zero-order valence-corrected chi connectivity index (χ0v) is 24.0. The Morgan fingerprint density at radius 2 is 1.72 bits per heavy atom. The highest BCUT2D eigenvalue weighted by Crippen LogP contribution is 2.32. The van der Waals surface area contributed by atoms with Crippen molar-refractivity contribution in [3.63, 3.8) is 0 Å². The number of sulfonamides is 1. The van der Waals surface area contributed by atoms with Crippen LogP contribution in [0.15, 0.2) is 41.3 Å². The predicted molar refractivity (Wildman–Crippen MR) is 150 cm³/mol. The normalized spacial score (nSPS) is 15.3. The van der Waals surface area contributed by atoms with Crippen LogP contribution in [-0.4, -0.2) is 68.8 Å². The number of hydrogen-bond donors (Lipinski definition) is 0. The van der Waals surface area contributed by atoms with Crippen LogP contribution >= 0.6 is 23.7 Å². The fourth-order valence-corrected chi connectivity index (χ4v) is 6.99. The molecule has 196 valence electrons. The van der Waals surface area contributed by atoms with E-state index in [9.17, 15) is 13.2 Å². The molecular weight excluding hydrogens is 516 g/mol. The molecule has 3 aromatic rings. The summed E-state index contributed by atoms with van der Waals surface area (Å²) in [6.07, 6.45) is 1.75. The molecule has 0 spiro atoms. The van der Waals surface area contributed by atoms with E-state index in [1.54, 1.807) is 33.5 Å². The summed E-state index contributed by atoms with van der Waals surface area (Å²) in [4.78, 5) is 22.4. The Morgan fingerprint density at radius 1 is 1.08 bits per heavy atom. The third-order valence-corrected chi connectivity index (χ3v) is 9.49. The molecule has 1 fully saturated rings. The lowest BCUT2D eigenvalue weighted by Gasteiger charge is -2.29. The Bertz CT molecular complexity index is 1310. The van der Waals surface area contributed by atoms with E-state index in [0.29, 0.717) is 42.8 Å². The van der Waals surface area contributed by atoms with Crippen LogP contribution in [0.2, 0.25) is 0 Å². The minimum atomic E-state index is -3.56. The van der Waals surface area contributed by atoms with Crippen molar-refractivity contribution in [3.8, 4) is 0 Å². The summed E-state index contributed by atoms with van der Waals surface area (Å²) >= 11 is 1.51. The van der Waals surface area contributed by atoms with E-state index in [2.05, 4.69) is 26.0 Å². The molecule has 1 aromatic heterocycles. The summed E-state index contributed by atoms with van der Waals surface area (Å²) in [5.41, 5.74) is 3.61. The summed E-state index contributed by atoms with van der Waals surface area (Å²) in [5.74, 6) is 0.362. The van der Waals surface area contributed by atoms with Gasteiger partial charge in [0.2, 0.25) is 10.0 Å². The molecule has 0 aliphatic carbocycles. The summed E-state index contributed by atoms with van der Waals surface area (Å²) in [7, 11) is 0.379. The lowest BCUT2D eigenvalue weighted by atomic mass is 10.0.